The van der Waals surface area contributed by atoms with Crippen molar-refractivity contribution in [1.82, 2.24) is 0 Å². The van der Waals surface area contributed by atoms with Gasteiger partial charge in [0.1, 0.15) is 6.54 Å². The van der Waals surface area contributed by atoms with Crippen LogP contribution in [-0.4, -0.2) is 20.9 Å². The maximum Gasteiger partial charge on any atom is 0.264 e. The average Bonchev–Trinajstić information content (AvgIpc) is 2.69. The molecule has 29 heavy (non-hydrogen) atoms. The third-order valence-corrected chi connectivity index (χ3v) is 6.73. The molecule has 3 aromatic rings. The third kappa shape index (κ3) is 4.86. The van der Waals surface area contributed by atoms with E-state index < -0.39 is 15.9 Å². The fourth-order valence-electron chi connectivity index (χ4n) is 2.95. The second-order valence-electron chi connectivity index (χ2n) is 6.62. The highest BCUT2D eigenvalue weighted by Gasteiger charge is 2.28. The molecule has 0 radical (unpaired) electrons. The van der Waals surface area contributed by atoms with Crippen LogP contribution >= 0.6 is 15.9 Å². The lowest BCUT2D eigenvalue weighted by Crippen LogP contribution is -2.38. The molecule has 1 amide bonds. The number of para-hydroxylation sites is 1. The summed E-state index contributed by atoms with van der Waals surface area (Å²) < 4.78 is 28.7. The van der Waals surface area contributed by atoms with E-state index in [-0.39, 0.29) is 11.4 Å². The highest BCUT2D eigenvalue weighted by atomic mass is 79.9. The Balaban J connectivity index is 1.96. The Morgan fingerprint density at radius 1 is 0.931 bits per heavy atom. The fraction of sp³-hybridized carbons (Fsp3) is 0.136. The summed E-state index contributed by atoms with van der Waals surface area (Å²) >= 11 is 3.39. The number of sulfonamides is 1. The molecule has 0 aromatic heterocycles. The zero-order chi connectivity index (χ0) is 21.0. The minimum atomic E-state index is -3.92. The summed E-state index contributed by atoms with van der Waals surface area (Å²) in [6, 6.07) is 20.7. The van der Waals surface area contributed by atoms with Crippen LogP contribution in [0, 0.1) is 13.8 Å². The maximum absolute atomic E-state index is 13.3. The number of halogens is 1. The molecule has 150 valence electrons. The van der Waals surface area contributed by atoms with E-state index >= 15 is 0 Å². The molecule has 0 atom stereocenters. The van der Waals surface area contributed by atoms with E-state index in [1.165, 1.54) is 12.1 Å². The molecule has 0 saturated heterocycles. The molecule has 0 unspecified atom stereocenters. The first-order valence-electron chi connectivity index (χ1n) is 8.98. The number of aryl methyl sites for hydroxylation is 2. The zero-order valence-electron chi connectivity index (χ0n) is 16.1. The molecule has 1 N–H and O–H groups in total. The summed E-state index contributed by atoms with van der Waals surface area (Å²) in [7, 11) is -3.92. The molecular weight excluding hydrogens is 452 g/mol. The monoisotopic (exact) mass is 472 g/mol. The Labute approximate surface area is 179 Å². The van der Waals surface area contributed by atoms with E-state index in [4.69, 9.17) is 0 Å². The van der Waals surface area contributed by atoms with E-state index in [1.807, 2.05) is 38.1 Å². The number of amides is 1. The van der Waals surface area contributed by atoms with Crippen LogP contribution in [0.15, 0.2) is 82.2 Å². The predicted octanol–water partition coefficient (Wildman–Crippen LogP) is 4.90. The van der Waals surface area contributed by atoms with Gasteiger partial charge >= 0.3 is 0 Å². The van der Waals surface area contributed by atoms with Crippen LogP contribution in [0.2, 0.25) is 0 Å². The van der Waals surface area contributed by atoms with Crippen LogP contribution < -0.4 is 9.62 Å². The van der Waals surface area contributed by atoms with Crippen molar-refractivity contribution in [2.45, 2.75) is 18.7 Å². The molecule has 0 heterocycles. The number of hydrogen-bond acceptors (Lipinski definition) is 3. The van der Waals surface area contributed by atoms with Crippen molar-refractivity contribution in [3.05, 3.63) is 88.4 Å². The molecule has 0 aliphatic rings. The van der Waals surface area contributed by atoms with Crippen LogP contribution in [0.1, 0.15) is 11.1 Å². The van der Waals surface area contributed by atoms with Crippen molar-refractivity contribution < 1.29 is 13.2 Å². The van der Waals surface area contributed by atoms with Gasteiger partial charge in [0.2, 0.25) is 5.91 Å². The predicted molar refractivity (Wildman–Crippen MR) is 120 cm³/mol. The van der Waals surface area contributed by atoms with Gasteiger partial charge in [0.05, 0.1) is 10.6 Å². The Morgan fingerprint density at radius 3 is 2.24 bits per heavy atom. The number of carbonyl (C=O) groups excluding carboxylic acids is 1. The van der Waals surface area contributed by atoms with Crippen molar-refractivity contribution in [2.75, 3.05) is 16.2 Å². The van der Waals surface area contributed by atoms with Gasteiger partial charge in [-0.1, -0.05) is 52.3 Å². The zero-order valence-corrected chi connectivity index (χ0v) is 18.5. The van der Waals surface area contributed by atoms with Gasteiger partial charge < -0.3 is 5.32 Å². The molecule has 5 nitrogen and oxygen atoms in total. The van der Waals surface area contributed by atoms with E-state index in [0.717, 1.165) is 19.9 Å². The summed E-state index contributed by atoms with van der Waals surface area (Å²) in [5, 5.41) is 2.81. The van der Waals surface area contributed by atoms with Crippen LogP contribution in [0.4, 0.5) is 11.4 Å². The number of carbonyl (C=O) groups is 1. The number of rotatable bonds is 6. The van der Waals surface area contributed by atoms with Gasteiger partial charge in [0.15, 0.2) is 0 Å². The SMILES string of the molecule is Cc1cc(Br)ccc1NC(=O)CN(c1ccccc1C)S(=O)(=O)c1ccccc1. The lowest BCUT2D eigenvalue weighted by atomic mass is 10.2. The number of benzene rings is 3. The van der Waals surface area contributed by atoms with Gasteiger partial charge in [-0.2, -0.15) is 0 Å². The quantitative estimate of drug-likeness (QED) is 0.554. The average molecular weight is 473 g/mol. The smallest absolute Gasteiger partial charge is 0.264 e. The molecule has 0 saturated carbocycles. The van der Waals surface area contributed by atoms with Gasteiger partial charge in [-0.25, -0.2) is 8.42 Å². The molecular formula is C22H21BrN2O3S. The van der Waals surface area contributed by atoms with Crippen molar-refractivity contribution in [3.8, 4) is 0 Å². The van der Waals surface area contributed by atoms with Gasteiger partial charge in [-0.3, -0.25) is 9.10 Å². The lowest BCUT2D eigenvalue weighted by Gasteiger charge is -2.25. The van der Waals surface area contributed by atoms with Crippen molar-refractivity contribution in [1.29, 1.82) is 0 Å². The first kappa shape index (κ1) is 21.1. The molecule has 0 bridgehead atoms. The third-order valence-electron chi connectivity index (χ3n) is 4.47. The summed E-state index contributed by atoms with van der Waals surface area (Å²) in [4.78, 5) is 12.9. The highest BCUT2D eigenvalue weighted by molar-refractivity contribution is 9.10. The van der Waals surface area contributed by atoms with Crippen molar-refractivity contribution >= 4 is 43.2 Å². The van der Waals surface area contributed by atoms with Crippen molar-refractivity contribution in [2.24, 2.45) is 0 Å². The summed E-state index contributed by atoms with van der Waals surface area (Å²) in [5.41, 5.74) is 2.75. The standard InChI is InChI=1S/C22H21BrN2O3S/c1-16-8-6-7-11-21(16)25(29(27,28)19-9-4-3-5-10-19)15-22(26)24-20-13-12-18(23)14-17(20)2/h3-14H,15H2,1-2H3,(H,24,26). The van der Waals surface area contributed by atoms with Gasteiger partial charge in [0.25, 0.3) is 10.0 Å². The molecule has 3 aromatic carbocycles. The van der Waals surface area contributed by atoms with E-state index in [9.17, 15) is 13.2 Å². The van der Waals surface area contributed by atoms with Crippen LogP contribution in [0.5, 0.6) is 0 Å². The second kappa shape index (κ2) is 8.80. The molecule has 0 fully saturated rings. The van der Waals surface area contributed by atoms with Gasteiger partial charge in [-0.15, -0.1) is 0 Å². The minimum absolute atomic E-state index is 0.135. The molecule has 0 spiro atoms. The molecule has 3 rings (SSSR count). The van der Waals surface area contributed by atoms with E-state index in [1.54, 1.807) is 36.4 Å². The van der Waals surface area contributed by atoms with E-state index in [0.29, 0.717) is 11.4 Å². The number of anilines is 2. The first-order valence-corrected chi connectivity index (χ1v) is 11.2. The normalized spacial score (nSPS) is 11.1. The highest BCUT2D eigenvalue weighted by Crippen LogP contribution is 2.27. The number of nitrogens with one attached hydrogen (secondary N) is 1. The molecule has 7 heteroatoms. The van der Waals surface area contributed by atoms with Gasteiger partial charge in [-0.05, 0) is 61.4 Å². The fourth-order valence-corrected chi connectivity index (χ4v) is 4.93. The van der Waals surface area contributed by atoms with Crippen molar-refractivity contribution in [3.63, 3.8) is 0 Å². The second-order valence-corrected chi connectivity index (χ2v) is 9.40. The lowest BCUT2D eigenvalue weighted by molar-refractivity contribution is -0.114. The van der Waals surface area contributed by atoms with E-state index in [2.05, 4.69) is 21.2 Å². The topological polar surface area (TPSA) is 66.5 Å². The molecule has 0 aliphatic carbocycles. The maximum atomic E-state index is 13.3. The Morgan fingerprint density at radius 2 is 1.59 bits per heavy atom. The Bertz CT molecular complexity index is 1130. The summed E-state index contributed by atoms with van der Waals surface area (Å²) in [6.07, 6.45) is 0. The largest absolute Gasteiger partial charge is 0.324 e. The Kier molecular flexibility index (Phi) is 6.39. The van der Waals surface area contributed by atoms with Crippen LogP contribution in [-0.2, 0) is 14.8 Å². The molecule has 0 aliphatic heterocycles. The summed E-state index contributed by atoms with van der Waals surface area (Å²) in [5.74, 6) is -0.418. The van der Waals surface area contributed by atoms with Crippen LogP contribution in [0.3, 0.4) is 0 Å². The number of hydrogen-bond donors (Lipinski definition) is 1. The first-order chi connectivity index (χ1) is 13.8. The van der Waals surface area contributed by atoms with Crippen LogP contribution in [0.25, 0.3) is 0 Å². The number of nitrogens with zero attached hydrogens (tertiary/aromatic N) is 1. The summed E-state index contributed by atoms with van der Waals surface area (Å²) in [6.45, 7) is 3.36. The Hall–Kier alpha value is -2.64. The van der Waals surface area contributed by atoms with Gasteiger partial charge in [0, 0.05) is 10.2 Å². The minimum Gasteiger partial charge on any atom is -0.324 e.